The summed E-state index contributed by atoms with van der Waals surface area (Å²) < 4.78 is 6.30. The number of amides is 3. The minimum absolute atomic E-state index is 0.0513. The van der Waals surface area contributed by atoms with Gasteiger partial charge in [0.25, 0.3) is 5.91 Å². The molecule has 3 amide bonds. The van der Waals surface area contributed by atoms with Crippen molar-refractivity contribution in [3.05, 3.63) is 48.0 Å². The van der Waals surface area contributed by atoms with Crippen LogP contribution in [-0.4, -0.2) is 78.6 Å². The highest BCUT2D eigenvalue weighted by atomic mass is 16.5. The Morgan fingerprint density at radius 3 is 2.42 bits per heavy atom. The molecule has 0 saturated heterocycles. The lowest BCUT2D eigenvalue weighted by Crippen LogP contribution is -2.49. The maximum absolute atomic E-state index is 13.5. The largest absolute Gasteiger partial charge is 0.488 e. The number of fused-ring (bicyclic) bond motifs is 1. The fourth-order valence-corrected chi connectivity index (χ4v) is 4.67. The predicted octanol–water partition coefficient (Wildman–Crippen LogP) is 3.58. The Labute approximate surface area is 236 Å². The fourth-order valence-electron chi connectivity index (χ4n) is 4.67. The number of carbonyl (C=O) groups excluding carboxylic acids is 3. The van der Waals surface area contributed by atoms with E-state index in [4.69, 9.17) is 10.5 Å². The summed E-state index contributed by atoms with van der Waals surface area (Å²) in [7, 11) is 3.95. The number of ether oxygens (including phenoxy) is 1. The first-order valence-corrected chi connectivity index (χ1v) is 13.9. The van der Waals surface area contributed by atoms with Gasteiger partial charge in [-0.3, -0.25) is 14.4 Å². The van der Waals surface area contributed by atoms with Crippen LogP contribution in [-0.2, 0) is 9.59 Å². The van der Waals surface area contributed by atoms with Crippen LogP contribution in [0.1, 0.15) is 56.3 Å². The number of unbranched alkanes of at least 4 members (excludes halogenated alkanes) is 2. The van der Waals surface area contributed by atoms with Crippen molar-refractivity contribution in [3.63, 3.8) is 0 Å². The van der Waals surface area contributed by atoms with Gasteiger partial charge < -0.3 is 36.0 Å². The van der Waals surface area contributed by atoms with Crippen molar-refractivity contribution in [1.82, 2.24) is 9.80 Å². The van der Waals surface area contributed by atoms with Crippen LogP contribution in [0.2, 0.25) is 0 Å². The van der Waals surface area contributed by atoms with Gasteiger partial charge in [-0.25, -0.2) is 0 Å². The highest BCUT2D eigenvalue weighted by Crippen LogP contribution is 2.30. The van der Waals surface area contributed by atoms with Crippen molar-refractivity contribution < 1.29 is 24.2 Å². The topological polar surface area (TPSA) is 137 Å². The number of anilines is 3. The first kappa shape index (κ1) is 30.9. The Kier molecular flexibility index (Phi) is 11.3. The van der Waals surface area contributed by atoms with E-state index >= 15 is 0 Å². The predicted molar refractivity (Wildman–Crippen MR) is 157 cm³/mol. The number of hydrogen-bond acceptors (Lipinski definition) is 7. The van der Waals surface area contributed by atoms with Gasteiger partial charge in [-0.1, -0.05) is 25.5 Å². The number of nitrogens with two attached hydrogens (primary N) is 1. The molecule has 3 atom stereocenters. The molecule has 0 bridgehead atoms. The first-order valence-electron chi connectivity index (χ1n) is 13.9. The summed E-state index contributed by atoms with van der Waals surface area (Å²) in [6.07, 6.45) is 2.50. The Morgan fingerprint density at radius 2 is 1.77 bits per heavy atom. The lowest BCUT2D eigenvalue weighted by Gasteiger charge is -2.37. The van der Waals surface area contributed by atoms with Crippen molar-refractivity contribution in [2.24, 2.45) is 5.92 Å². The summed E-state index contributed by atoms with van der Waals surface area (Å²) in [6, 6.07) is 11.9. The quantitative estimate of drug-likeness (QED) is 0.233. The molecule has 218 valence electrons. The number of nitrogens with zero attached hydrogens (tertiary/aromatic N) is 2. The van der Waals surface area contributed by atoms with Crippen LogP contribution in [0, 0.1) is 5.92 Å². The molecule has 0 saturated carbocycles. The molecule has 10 heteroatoms. The molecule has 0 fully saturated rings. The van der Waals surface area contributed by atoms with Crippen LogP contribution in [0.25, 0.3) is 0 Å². The smallest absolute Gasteiger partial charge is 0.258 e. The number of para-hydroxylation sites is 2. The van der Waals surface area contributed by atoms with Crippen LogP contribution in [0.15, 0.2) is 42.5 Å². The molecule has 2 aromatic carbocycles. The minimum atomic E-state index is -0.355. The van der Waals surface area contributed by atoms with E-state index in [9.17, 15) is 19.5 Å². The molecule has 0 spiro atoms. The van der Waals surface area contributed by atoms with Gasteiger partial charge in [0.05, 0.1) is 29.6 Å². The number of likely N-dealkylation sites (N-methyl/N-ethyl adjacent to an activating group) is 1. The second kappa shape index (κ2) is 14.7. The zero-order chi connectivity index (χ0) is 29.2. The Hall–Kier alpha value is -3.63. The highest BCUT2D eigenvalue weighted by molar-refractivity contribution is 6.00. The van der Waals surface area contributed by atoms with Gasteiger partial charge >= 0.3 is 0 Å². The third-order valence-corrected chi connectivity index (χ3v) is 7.04. The number of carbonyl (C=O) groups is 3. The van der Waals surface area contributed by atoms with E-state index in [2.05, 4.69) is 10.6 Å². The maximum Gasteiger partial charge on any atom is 0.258 e. The molecule has 5 N–H and O–H groups in total. The molecule has 1 heterocycles. The summed E-state index contributed by atoms with van der Waals surface area (Å²) in [4.78, 5) is 42.0. The number of rotatable bonds is 12. The molecule has 3 rings (SSSR count). The lowest BCUT2D eigenvalue weighted by atomic mass is 9.99. The van der Waals surface area contributed by atoms with E-state index < -0.39 is 0 Å². The van der Waals surface area contributed by atoms with E-state index in [0.717, 1.165) is 6.42 Å². The Morgan fingerprint density at radius 1 is 1.10 bits per heavy atom. The Bertz CT molecular complexity index is 1170. The maximum atomic E-state index is 13.5. The lowest BCUT2D eigenvalue weighted by molar-refractivity contribution is -0.116. The second-order valence-electron chi connectivity index (χ2n) is 10.8. The van der Waals surface area contributed by atoms with Crippen molar-refractivity contribution in [2.75, 3.05) is 50.2 Å². The molecule has 1 aliphatic rings. The van der Waals surface area contributed by atoms with Crippen molar-refractivity contribution in [1.29, 1.82) is 0 Å². The van der Waals surface area contributed by atoms with Gasteiger partial charge in [-0.05, 0) is 64.2 Å². The molecule has 40 heavy (non-hydrogen) atoms. The van der Waals surface area contributed by atoms with E-state index in [0.29, 0.717) is 67.1 Å². The standard InChI is InChI=1S/C30H43N5O5/c1-20-17-35(21(2)19-36)30(39)23-16-22(14-15-26(23)40-27(20)18-34(3)4)32-28(37)12-6-5-7-13-29(38)33-25-11-9-8-10-24(25)31/h8-11,14-16,20-21,27,36H,5-7,12-13,17-19,31H2,1-4H3,(H,32,37)(H,33,38)/t20-,21+,27+/m1/s1. The average Bonchev–Trinajstić information content (AvgIpc) is 2.91. The summed E-state index contributed by atoms with van der Waals surface area (Å²) in [5, 5.41) is 15.5. The zero-order valence-corrected chi connectivity index (χ0v) is 24.0. The number of nitrogens with one attached hydrogen (secondary N) is 2. The highest BCUT2D eigenvalue weighted by Gasteiger charge is 2.33. The van der Waals surface area contributed by atoms with Gasteiger partial charge in [-0.15, -0.1) is 0 Å². The van der Waals surface area contributed by atoms with Gasteiger partial charge in [0.2, 0.25) is 11.8 Å². The average molecular weight is 554 g/mol. The molecular weight excluding hydrogens is 510 g/mol. The third-order valence-electron chi connectivity index (χ3n) is 7.04. The summed E-state index contributed by atoms with van der Waals surface area (Å²) in [5.41, 5.74) is 7.85. The fraction of sp³-hybridized carbons (Fsp3) is 0.500. The van der Waals surface area contributed by atoms with Crippen LogP contribution in [0.3, 0.4) is 0 Å². The SMILES string of the molecule is C[C@@H]1CN([C@@H](C)CO)C(=O)c2cc(NC(=O)CCCCCC(=O)Nc3ccccc3N)ccc2O[C@H]1CN(C)C. The summed E-state index contributed by atoms with van der Waals surface area (Å²) in [5.74, 6) is 0.00277. The normalized spacial score (nSPS) is 17.9. The molecule has 0 aromatic heterocycles. The van der Waals surface area contributed by atoms with E-state index in [1.807, 2.05) is 45.0 Å². The van der Waals surface area contributed by atoms with Crippen molar-refractivity contribution in [2.45, 2.75) is 58.1 Å². The van der Waals surface area contributed by atoms with Gasteiger partial charge in [-0.2, -0.15) is 0 Å². The Balaban J connectivity index is 1.57. The molecular formula is C30H43N5O5. The number of hydrogen-bond donors (Lipinski definition) is 4. The monoisotopic (exact) mass is 553 g/mol. The molecule has 0 aliphatic carbocycles. The summed E-state index contributed by atoms with van der Waals surface area (Å²) >= 11 is 0. The van der Waals surface area contributed by atoms with E-state index in [1.165, 1.54) is 0 Å². The number of nitrogen functional groups attached to an aromatic ring is 1. The number of aliphatic hydroxyl groups excluding tert-OH is 1. The van der Waals surface area contributed by atoms with Crippen LogP contribution in [0.5, 0.6) is 5.75 Å². The minimum Gasteiger partial charge on any atom is -0.488 e. The second-order valence-corrected chi connectivity index (χ2v) is 10.8. The molecule has 2 aromatic rings. The summed E-state index contributed by atoms with van der Waals surface area (Å²) in [6.45, 7) is 4.84. The van der Waals surface area contributed by atoms with Gasteiger partial charge in [0, 0.05) is 37.5 Å². The van der Waals surface area contributed by atoms with Crippen molar-refractivity contribution >= 4 is 34.8 Å². The third kappa shape index (κ3) is 8.69. The van der Waals surface area contributed by atoms with Crippen molar-refractivity contribution in [3.8, 4) is 5.75 Å². The van der Waals surface area contributed by atoms with Crippen LogP contribution >= 0.6 is 0 Å². The van der Waals surface area contributed by atoms with E-state index in [-0.39, 0.29) is 42.4 Å². The molecule has 0 unspecified atom stereocenters. The molecule has 1 aliphatic heterocycles. The first-order chi connectivity index (χ1) is 19.1. The number of aliphatic hydroxyl groups is 1. The van der Waals surface area contributed by atoms with Crippen LogP contribution in [0.4, 0.5) is 17.1 Å². The zero-order valence-electron chi connectivity index (χ0n) is 24.0. The van der Waals surface area contributed by atoms with E-state index in [1.54, 1.807) is 35.2 Å². The number of benzene rings is 2. The van der Waals surface area contributed by atoms with Crippen LogP contribution < -0.4 is 21.1 Å². The van der Waals surface area contributed by atoms with Gasteiger partial charge in [0.1, 0.15) is 11.9 Å². The van der Waals surface area contributed by atoms with Gasteiger partial charge in [0.15, 0.2) is 0 Å². The molecule has 0 radical (unpaired) electrons. The molecule has 10 nitrogen and oxygen atoms in total.